The van der Waals surface area contributed by atoms with Gasteiger partial charge in [-0.3, -0.25) is 14.5 Å². The first kappa shape index (κ1) is 14.9. The number of thiol groups is 1. The molecule has 4 heteroatoms. The summed E-state index contributed by atoms with van der Waals surface area (Å²) < 4.78 is 0. The number of nitrogens with zero attached hydrogens (tertiary/aromatic N) is 1. The Labute approximate surface area is 121 Å². The lowest BCUT2D eigenvalue weighted by atomic mass is 9.84. The van der Waals surface area contributed by atoms with Crippen molar-refractivity contribution in [1.82, 2.24) is 4.90 Å². The van der Waals surface area contributed by atoms with E-state index in [0.29, 0.717) is 12.5 Å². The fraction of sp³-hybridized carbons (Fsp3) is 0.867. The molecule has 19 heavy (non-hydrogen) atoms. The topological polar surface area (TPSA) is 37.4 Å². The van der Waals surface area contributed by atoms with Crippen LogP contribution in [0, 0.1) is 23.2 Å². The van der Waals surface area contributed by atoms with Crippen LogP contribution in [0.3, 0.4) is 0 Å². The summed E-state index contributed by atoms with van der Waals surface area (Å²) in [4.78, 5) is 26.4. The van der Waals surface area contributed by atoms with Crippen molar-refractivity contribution in [2.75, 3.05) is 12.3 Å². The van der Waals surface area contributed by atoms with Gasteiger partial charge in [0.05, 0.1) is 11.8 Å². The summed E-state index contributed by atoms with van der Waals surface area (Å²) in [5.41, 5.74) is -0.0152. The highest BCUT2D eigenvalue weighted by Gasteiger charge is 2.52. The van der Waals surface area contributed by atoms with Crippen LogP contribution in [-0.2, 0) is 9.59 Å². The van der Waals surface area contributed by atoms with Crippen molar-refractivity contribution in [2.24, 2.45) is 23.2 Å². The molecule has 0 bridgehead atoms. The van der Waals surface area contributed by atoms with Gasteiger partial charge in [-0.1, -0.05) is 20.8 Å². The highest BCUT2D eigenvalue weighted by Crippen LogP contribution is 2.44. The third-order valence-electron chi connectivity index (χ3n) is 5.29. The second-order valence-corrected chi connectivity index (χ2v) is 6.73. The number of rotatable bonds is 5. The van der Waals surface area contributed by atoms with Crippen molar-refractivity contribution in [3.63, 3.8) is 0 Å². The summed E-state index contributed by atoms with van der Waals surface area (Å²) in [6.07, 6.45) is 3.68. The van der Waals surface area contributed by atoms with Crippen LogP contribution in [0.15, 0.2) is 0 Å². The molecule has 1 heterocycles. The van der Waals surface area contributed by atoms with Gasteiger partial charge in [-0.2, -0.15) is 12.6 Å². The molecule has 2 atom stereocenters. The molecule has 0 N–H and O–H groups in total. The SMILES string of the molecule is CCC(CC)(CS)CN1C(=O)C2CC(C)CC2C1=O. The first-order valence-electron chi connectivity index (χ1n) is 7.44. The molecule has 2 amide bonds. The second kappa shape index (κ2) is 5.47. The molecule has 1 saturated heterocycles. The molecule has 0 spiro atoms. The van der Waals surface area contributed by atoms with Gasteiger partial charge < -0.3 is 0 Å². The minimum absolute atomic E-state index is 0.0152. The third-order valence-corrected chi connectivity index (χ3v) is 5.96. The molecule has 3 nitrogen and oxygen atoms in total. The molecule has 2 rings (SSSR count). The van der Waals surface area contributed by atoms with Gasteiger partial charge >= 0.3 is 0 Å². The smallest absolute Gasteiger partial charge is 0.233 e. The Morgan fingerprint density at radius 2 is 1.63 bits per heavy atom. The first-order valence-corrected chi connectivity index (χ1v) is 8.07. The van der Waals surface area contributed by atoms with Crippen LogP contribution >= 0.6 is 12.6 Å². The Morgan fingerprint density at radius 3 is 2.00 bits per heavy atom. The van der Waals surface area contributed by atoms with Crippen molar-refractivity contribution in [1.29, 1.82) is 0 Å². The lowest BCUT2D eigenvalue weighted by Gasteiger charge is -2.34. The van der Waals surface area contributed by atoms with Crippen molar-refractivity contribution < 1.29 is 9.59 Å². The molecule has 1 saturated carbocycles. The first-order chi connectivity index (χ1) is 8.98. The number of hydrogen-bond donors (Lipinski definition) is 1. The van der Waals surface area contributed by atoms with Crippen LogP contribution in [0.5, 0.6) is 0 Å². The standard InChI is InChI=1S/C15H25NO2S/c1-4-15(5-2,9-19)8-16-13(17)11-6-10(3)7-12(11)14(16)18/h10-12,19H,4-9H2,1-3H3. The Balaban J connectivity index is 2.15. The summed E-state index contributed by atoms with van der Waals surface area (Å²) >= 11 is 4.44. The average Bonchev–Trinajstić information content (AvgIpc) is 2.89. The zero-order valence-corrected chi connectivity index (χ0v) is 13.1. The lowest BCUT2D eigenvalue weighted by molar-refractivity contribution is -0.142. The summed E-state index contributed by atoms with van der Waals surface area (Å²) in [5, 5.41) is 0. The van der Waals surface area contributed by atoms with Gasteiger partial charge in [-0.25, -0.2) is 0 Å². The molecule has 2 fully saturated rings. The van der Waals surface area contributed by atoms with E-state index in [2.05, 4.69) is 33.4 Å². The van der Waals surface area contributed by atoms with E-state index >= 15 is 0 Å². The van der Waals surface area contributed by atoms with Gasteiger partial charge in [0, 0.05) is 6.54 Å². The van der Waals surface area contributed by atoms with E-state index in [4.69, 9.17) is 0 Å². The minimum atomic E-state index is -0.0335. The van der Waals surface area contributed by atoms with Crippen LogP contribution in [0.2, 0.25) is 0 Å². The van der Waals surface area contributed by atoms with E-state index in [0.717, 1.165) is 31.4 Å². The minimum Gasteiger partial charge on any atom is -0.282 e. The lowest BCUT2D eigenvalue weighted by Crippen LogP contribution is -2.42. The maximum Gasteiger partial charge on any atom is 0.233 e. The molecule has 2 aliphatic rings. The van der Waals surface area contributed by atoms with E-state index in [1.54, 1.807) is 4.90 Å². The Kier molecular flexibility index (Phi) is 4.29. The number of amides is 2. The van der Waals surface area contributed by atoms with Crippen molar-refractivity contribution in [2.45, 2.75) is 46.5 Å². The van der Waals surface area contributed by atoms with Crippen LogP contribution in [0.25, 0.3) is 0 Å². The van der Waals surface area contributed by atoms with Crippen LogP contribution in [0.4, 0.5) is 0 Å². The van der Waals surface area contributed by atoms with Crippen molar-refractivity contribution >= 4 is 24.4 Å². The van der Waals surface area contributed by atoms with Gasteiger partial charge in [0.15, 0.2) is 0 Å². The monoisotopic (exact) mass is 283 g/mol. The number of carbonyl (C=O) groups is 2. The third kappa shape index (κ3) is 2.44. The fourth-order valence-electron chi connectivity index (χ4n) is 3.58. The van der Waals surface area contributed by atoms with Gasteiger partial charge in [0.25, 0.3) is 0 Å². The molecular weight excluding hydrogens is 258 g/mol. The maximum absolute atomic E-state index is 12.4. The van der Waals surface area contributed by atoms with E-state index < -0.39 is 0 Å². The van der Waals surface area contributed by atoms with E-state index in [9.17, 15) is 9.59 Å². The van der Waals surface area contributed by atoms with Gasteiger partial charge in [0.1, 0.15) is 0 Å². The van der Waals surface area contributed by atoms with Crippen LogP contribution < -0.4 is 0 Å². The summed E-state index contributed by atoms with van der Waals surface area (Å²) in [6, 6.07) is 0. The number of likely N-dealkylation sites (tertiary alicyclic amines) is 1. The number of carbonyl (C=O) groups excluding carboxylic acids is 2. The van der Waals surface area contributed by atoms with E-state index in [1.807, 2.05) is 0 Å². The quantitative estimate of drug-likeness (QED) is 0.622. The molecule has 1 aliphatic heterocycles. The largest absolute Gasteiger partial charge is 0.282 e. The number of fused-ring (bicyclic) bond motifs is 1. The van der Waals surface area contributed by atoms with Crippen LogP contribution in [0.1, 0.15) is 46.5 Å². The van der Waals surface area contributed by atoms with Gasteiger partial charge in [-0.05, 0) is 42.8 Å². The molecule has 2 unspecified atom stereocenters. The van der Waals surface area contributed by atoms with E-state index in [1.165, 1.54) is 0 Å². The summed E-state index contributed by atoms with van der Waals surface area (Å²) in [5.74, 6) is 1.32. The fourth-order valence-corrected chi connectivity index (χ4v) is 4.13. The molecule has 0 aromatic heterocycles. The molecular formula is C15H25NO2S. The van der Waals surface area contributed by atoms with Crippen LogP contribution in [-0.4, -0.2) is 29.0 Å². The number of hydrogen-bond acceptors (Lipinski definition) is 3. The van der Waals surface area contributed by atoms with Gasteiger partial charge in [-0.15, -0.1) is 0 Å². The highest BCUT2D eigenvalue weighted by atomic mass is 32.1. The van der Waals surface area contributed by atoms with Crippen molar-refractivity contribution in [3.8, 4) is 0 Å². The van der Waals surface area contributed by atoms with Gasteiger partial charge in [0.2, 0.25) is 11.8 Å². The molecule has 1 aliphatic carbocycles. The highest BCUT2D eigenvalue weighted by molar-refractivity contribution is 7.80. The Bertz CT molecular complexity index is 346. The summed E-state index contributed by atoms with van der Waals surface area (Å²) in [7, 11) is 0. The molecule has 108 valence electrons. The Hall–Kier alpha value is -0.510. The Morgan fingerprint density at radius 1 is 1.16 bits per heavy atom. The normalized spacial score (nSPS) is 31.2. The maximum atomic E-state index is 12.4. The molecule has 0 aromatic rings. The second-order valence-electron chi connectivity index (χ2n) is 6.42. The molecule has 0 radical (unpaired) electrons. The molecule has 0 aromatic carbocycles. The predicted octanol–water partition coefficient (Wildman–Crippen LogP) is 2.75. The zero-order valence-electron chi connectivity index (χ0n) is 12.2. The zero-order chi connectivity index (χ0) is 14.2. The average molecular weight is 283 g/mol. The van der Waals surface area contributed by atoms with Crippen molar-refractivity contribution in [3.05, 3.63) is 0 Å². The predicted molar refractivity (Wildman–Crippen MR) is 79.0 cm³/mol. The number of imide groups is 1. The summed E-state index contributed by atoms with van der Waals surface area (Å²) in [6.45, 7) is 6.93. The van der Waals surface area contributed by atoms with E-state index in [-0.39, 0.29) is 29.1 Å².